The van der Waals surface area contributed by atoms with E-state index < -0.39 is 4.32 Å². The highest BCUT2D eigenvalue weighted by molar-refractivity contribution is 9.10. The second-order valence-electron chi connectivity index (χ2n) is 5.26. The van der Waals surface area contributed by atoms with E-state index in [4.69, 9.17) is 0 Å². The van der Waals surface area contributed by atoms with E-state index in [9.17, 15) is 4.79 Å². The minimum Gasteiger partial charge on any atom is -0.301 e. The molecule has 1 aromatic carbocycles. The van der Waals surface area contributed by atoms with E-state index in [0.717, 1.165) is 30.3 Å². The van der Waals surface area contributed by atoms with Crippen LogP contribution in [0.4, 0.5) is 0 Å². The van der Waals surface area contributed by atoms with Crippen LogP contribution in [-0.2, 0) is 22.0 Å². The molecule has 0 N–H and O–H groups in total. The third-order valence-corrected chi connectivity index (χ3v) is 5.12. The van der Waals surface area contributed by atoms with Crippen LogP contribution in [0.1, 0.15) is 35.1 Å². The summed E-state index contributed by atoms with van der Waals surface area (Å²) in [5, 5.41) is 0. The second kappa shape index (κ2) is 6.84. The number of pyridine rings is 1. The first-order valence-corrected chi connectivity index (χ1v) is 7.71. The molecule has 3 rings (SSSR count). The van der Waals surface area contributed by atoms with Crippen molar-refractivity contribution in [1.82, 2.24) is 4.98 Å². The molecular formula is C17H17Br2NO. The van der Waals surface area contributed by atoms with Crippen molar-refractivity contribution in [3.05, 3.63) is 65.0 Å². The summed E-state index contributed by atoms with van der Waals surface area (Å²) in [5.41, 5.74) is 4.65. The van der Waals surface area contributed by atoms with Gasteiger partial charge < -0.3 is 4.79 Å². The largest absolute Gasteiger partial charge is 0.301 e. The van der Waals surface area contributed by atoms with Gasteiger partial charge in [0, 0.05) is 12.4 Å². The highest BCUT2D eigenvalue weighted by Gasteiger charge is 2.31. The molecule has 110 valence electrons. The normalized spacial score (nSPS) is 16.2. The number of alkyl halides is 1. The van der Waals surface area contributed by atoms with Gasteiger partial charge in [0.25, 0.3) is 0 Å². The molecule has 0 fully saturated rings. The van der Waals surface area contributed by atoms with Crippen LogP contribution in [0.3, 0.4) is 0 Å². The average Bonchev–Trinajstić information content (AvgIpc) is 2.54. The van der Waals surface area contributed by atoms with Gasteiger partial charge in [-0.3, -0.25) is 4.98 Å². The molecule has 4 heteroatoms. The maximum atomic E-state index is 11.7. The predicted octanol–water partition coefficient (Wildman–Crippen LogP) is 4.38. The maximum Gasteiger partial charge on any atom is 0.145 e. The van der Waals surface area contributed by atoms with E-state index in [1.54, 1.807) is 12.4 Å². The maximum absolute atomic E-state index is 11.7. The lowest BCUT2D eigenvalue weighted by Crippen LogP contribution is -2.22. The Morgan fingerprint density at radius 1 is 1.10 bits per heavy atom. The first kappa shape index (κ1) is 16.4. The zero-order valence-electron chi connectivity index (χ0n) is 11.6. The summed E-state index contributed by atoms with van der Waals surface area (Å²) in [5.74, 6) is 0. The van der Waals surface area contributed by atoms with Crippen molar-refractivity contribution in [3.8, 4) is 0 Å². The van der Waals surface area contributed by atoms with Crippen molar-refractivity contribution < 1.29 is 4.79 Å². The zero-order chi connectivity index (χ0) is 14.0. The van der Waals surface area contributed by atoms with Gasteiger partial charge in [-0.2, -0.15) is 0 Å². The SMILES string of the molecule is Br.O=CC(Br)(c1cccnc1)c1ccc2c(c1)CCCC2. The number of nitrogens with zero attached hydrogens (tertiary/aromatic N) is 1. The number of carbonyl (C=O) groups excluding carboxylic acids is 1. The summed E-state index contributed by atoms with van der Waals surface area (Å²) < 4.78 is -0.798. The van der Waals surface area contributed by atoms with Crippen molar-refractivity contribution in [2.45, 2.75) is 30.0 Å². The lowest BCUT2D eigenvalue weighted by molar-refractivity contribution is -0.109. The summed E-state index contributed by atoms with van der Waals surface area (Å²) in [4.78, 5) is 15.8. The van der Waals surface area contributed by atoms with Crippen molar-refractivity contribution in [2.75, 3.05) is 0 Å². The Balaban J connectivity index is 0.00000161. The highest BCUT2D eigenvalue weighted by atomic mass is 79.9. The van der Waals surface area contributed by atoms with Gasteiger partial charge >= 0.3 is 0 Å². The quantitative estimate of drug-likeness (QED) is 0.555. The molecular weight excluding hydrogens is 394 g/mol. The van der Waals surface area contributed by atoms with E-state index in [0.29, 0.717) is 0 Å². The molecule has 0 bridgehead atoms. The van der Waals surface area contributed by atoms with Crippen molar-refractivity contribution in [1.29, 1.82) is 0 Å². The number of rotatable bonds is 3. The van der Waals surface area contributed by atoms with Crippen molar-refractivity contribution in [3.63, 3.8) is 0 Å². The van der Waals surface area contributed by atoms with Crippen LogP contribution < -0.4 is 0 Å². The number of aryl methyl sites for hydroxylation is 2. The van der Waals surface area contributed by atoms with Crippen LogP contribution in [-0.4, -0.2) is 11.3 Å². The summed E-state index contributed by atoms with van der Waals surface area (Å²) in [6.45, 7) is 0. The lowest BCUT2D eigenvalue weighted by Gasteiger charge is -2.24. The zero-order valence-corrected chi connectivity index (χ0v) is 14.9. The van der Waals surface area contributed by atoms with E-state index in [1.807, 2.05) is 12.1 Å². The van der Waals surface area contributed by atoms with E-state index >= 15 is 0 Å². The number of carbonyl (C=O) groups is 1. The molecule has 0 radical (unpaired) electrons. The molecule has 2 aromatic rings. The molecule has 0 saturated heterocycles. The average molecular weight is 411 g/mol. The number of hydrogen-bond donors (Lipinski definition) is 0. The smallest absolute Gasteiger partial charge is 0.145 e. The van der Waals surface area contributed by atoms with E-state index in [-0.39, 0.29) is 17.0 Å². The molecule has 2 nitrogen and oxygen atoms in total. The molecule has 1 aromatic heterocycles. The monoisotopic (exact) mass is 409 g/mol. The predicted molar refractivity (Wildman–Crippen MR) is 93.4 cm³/mol. The molecule has 21 heavy (non-hydrogen) atoms. The molecule has 1 atom stereocenters. The topological polar surface area (TPSA) is 30.0 Å². The van der Waals surface area contributed by atoms with Crippen LogP contribution >= 0.6 is 32.9 Å². The molecule has 0 saturated carbocycles. The van der Waals surface area contributed by atoms with Crippen molar-refractivity contribution in [2.24, 2.45) is 0 Å². The van der Waals surface area contributed by atoms with Crippen LogP contribution in [0.25, 0.3) is 0 Å². The minimum atomic E-state index is -0.798. The Labute approximate surface area is 143 Å². The second-order valence-corrected chi connectivity index (χ2v) is 6.51. The number of aldehydes is 1. The van der Waals surface area contributed by atoms with Crippen LogP contribution in [0, 0.1) is 0 Å². The Bertz CT molecular complexity index is 630. The molecule has 0 spiro atoms. The Morgan fingerprint density at radius 2 is 1.86 bits per heavy atom. The van der Waals surface area contributed by atoms with E-state index in [2.05, 4.69) is 39.1 Å². The fraction of sp³-hybridized carbons (Fsp3) is 0.294. The Kier molecular flexibility index (Phi) is 5.33. The summed E-state index contributed by atoms with van der Waals surface area (Å²) in [7, 11) is 0. The number of hydrogen-bond acceptors (Lipinski definition) is 2. The molecule has 1 unspecified atom stereocenters. The standard InChI is InChI=1S/C17H16BrNO.BrH/c18-17(12-20,16-6-3-9-19-11-16)15-8-7-13-4-1-2-5-14(13)10-15;/h3,6-12H,1-2,4-5H2;1H. The third-order valence-electron chi connectivity index (χ3n) is 4.01. The minimum absolute atomic E-state index is 0. The van der Waals surface area contributed by atoms with Gasteiger partial charge in [0.15, 0.2) is 0 Å². The van der Waals surface area contributed by atoms with E-state index in [1.165, 1.54) is 24.0 Å². The van der Waals surface area contributed by atoms with Gasteiger partial charge in [-0.15, -0.1) is 17.0 Å². The van der Waals surface area contributed by atoms with Gasteiger partial charge in [0.2, 0.25) is 0 Å². The molecule has 1 aliphatic carbocycles. The summed E-state index contributed by atoms with van der Waals surface area (Å²) in [6, 6.07) is 10.2. The third kappa shape index (κ3) is 3.11. The number of benzene rings is 1. The number of halogens is 2. The van der Waals surface area contributed by atoms with Crippen molar-refractivity contribution >= 4 is 39.2 Å². The van der Waals surface area contributed by atoms with Crippen LogP contribution in [0.15, 0.2) is 42.7 Å². The fourth-order valence-corrected chi connectivity index (χ4v) is 3.32. The highest BCUT2D eigenvalue weighted by Crippen LogP contribution is 2.38. The van der Waals surface area contributed by atoms with Gasteiger partial charge in [-0.1, -0.05) is 40.2 Å². The molecule has 1 heterocycles. The lowest BCUT2D eigenvalue weighted by atomic mass is 9.86. The number of fused-ring (bicyclic) bond motifs is 1. The first-order valence-electron chi connectivity index (χ1n) is 6.92. The van der Waals surface area contributed by atoms with Crippen LogP contribution in [0.5, 0.6) is 0 Å². The molecule has 1 aliphatic rings. The number of aromatic nitrogens is 1. The van der Waals surface area contributed by atoms with Gasteiger partial charge in [-0.25, -0.2) is 0 Å². The molecule has 0 aliphatic heterocycles. The molecule has 0 amide bonds. The summed E-state index contributed by atoms with van der Waals surface area (Å²) in [6.07, 6.45) is 9.17. The Hall–Kier alpha value is -1.00. The first-order chi connectivity index (χ1) is 9.74. The van der Waals surface area contributed by atoms with Gasteiger partial charge in [0.05, 0.1) is 0 Å². The fourth-order valence-electron chi connectivity index (χ4n) is 2.84. The van der Waals surface area contributed by atoms with Crippen LogP contribution in [0.2, 0.25) is 0 Å². The summed E-state index contributed by atoms with van der Waals surface area (Å²) >= 11 is 3.62. The van der Waals surface area contributed by atoms with Gasteiger partial charge in [0.1, 0.15) is 10.6 Å². The van der Waals surface area contributed by atoms with Gasteiger partial charge in [-0.05, 0) is 54.0 Å². The Morgan fingerprint density at radius 3 is 2.52 bits per heavy atom.